The lowest BCUT2D eigenvalue weighted by atomic mass is 10.1. The van der Waals surface area contributed by atoms with Gasteiger partial charge in [-0.3, -0.25) is 14.8 Å². The minimum Gasteiger partial charge on any atom is -0.298 e. The van der Waals surface area contributed by atoms with Gasteiger partial charge in [-0.05, 0) is 31.0 Å². The average molecular weight is 412 g/mol. The fourth-order valence-electron chi connectivity index (χ4n) is 3.08. The van der Waals surface area contributed by atoms with Crippen molar-refractivity contribution < 1.29 is 4.79 Å². The number of aryl methyl sites for hydroxylation is 3. The van der Waals surface area contributed by atoms with E-state index in [1.165, 1.54) is 11.3 Å². The van der Waals surface area contributed by atoms with Crippen molar-refractivity contribution in [3.63, 3.8) is 0 Å². The zero-order valence-electron chi connectivity index (χ0n) is 15.7. The first-order valence-corrected chi connectivity index (χ1v) is 9.91. The first-order chi connectivity index (χ1) is 13.4. The van der Waals surface area contributed by atoms with Crippen molar-refractivity contribution in [3.8, 4) is 0 Å². The van der Waals surface area contributed by atoms with Gasteiger partial charge >= 0.3 is 0 Å². The van der Waals surface area contributed by atoms with E-state index in [1.807, 2.05) is 39.1 Å². The van der Waals surface area contributed by atoms with Gasteiger partial charge in [0, 0.05) is 41.1 Å². The highest BCUT2D eigenvalue weighted by atomic mass is 35.5. The molecule has 142 valence electrons. The van der Waals surface area contributed by atoms with Crippen molar-refractivity contribution in [1.82, 2.24) is 19.7 Å². The second-order valence-electron chi connectivity index (χ2n) is 6.61. The number of aromatic nitrogens is 4. The molecule has 0 fully saturated rings. The van der Waals surface area contributed by atoms with Crippen LogP contribution in [0.4, 0.5) is 5.13 Å². The van der Waals surface area contributed by atoms with E-state index in [-0.39, 0.29) is 5.91 Å². The Bertz CT molecular complexity index is 1200. The number of rotatable bonds is 4. The van der Waals surface area contributed by atoms with E-state index in [4.69, 9.17) is 11.6 Å². The molecule has 0 aliphatic heterocycles. The smallest absolute Gasteiger partial charge is 0.259 e. The van der Waals surface area contributed by atoms with E-state index >= 15 is 0 Å². The second-order valence-corrected chi connectivity index (χ2v) is 8.11. The van der Waals surface area contributed by atoms with Crippen molar-refractivity contribution in [2.24, 2.45) is 7.05 Å². The number of anilines is 1. The summed E-state index contributed by atoms with van der Waals surface area (Å²) < 4.78 is 1.70. The summed E-state index contributed by atoms with van der Waals surface area (Å²) in [5.41, 5.74) is 4.16. The molecule has 6 nitrogen and oxygen atoms in total. The number of thiazole rings is 1. The summed E-state index contributed by atoms with van der Waals surface area (Å²) in [4.78, 5) is 22.3. The van der Waals surface area contributed by atoms with E-state index in [1.54, 1.807) is 23.1 Å². The van der Waals surface area contributed by atoms with Crippen molar-refractivity contribution in [2.75, 3.05) is 5.32 Å². The zero-order chi connectivity index (χ0) is 19.8. The van der Waals surface area contributed by atoms with Gasteiger partial charge in [0.15, 0.2) is 10.8 Å². The van der Waals surface area contributed by atoms with Crippen LogP contribution >= 0.6 is 22.9 Å². The third-order valence-electron chi connectivity index (χ3n) is 4.54. The predicted octanol–water partition coefficient (Wildman–Crippen LogP) is 4.54. The number of carbonyl (C=O) groups excluding carboxylic acids is 1. The number of halogens is 1. The Morgan fingerprint density at radius 1 is 1.25 bits per heavy atom. The van der Waals surface area contributed by atoms with Gasteiger partial charge in [-0.15, -0.1) is 11.3 Å². The molecular formula is C20H18ClN5OS. The van der Waals surface area contributed by atoms with Gasteiger partial charge in [-0.2, -0.15) is 5.10 Å². The van der Waals surface area contributed by atoms with Gasteiger partial charge in [0.25, 0.3) is 5.91 Å². The van der Waals surface area contributed by atoms with Crippen LogP contribution in [0, 0.1) is 13.8 Å². The number of fused-ring (bicyclic) bond motifs is 1. The van der Waals surface area contributed by atoms with E-state index in [9.17, 15) is 4.79 Å². The molecule has 1 amide bonds. The predicted molar refractivity (Wildman–Crippen MR) is 112 cm³/mol. The number of hydrogen-bond acceptors (Lipinski definition) is 5. The molecule has 0 saturated carbocycles. The molecule has 1 N–H and O–H groups in total. The van der Waals surface area contributed by atoms with Crippen molar-refractivity contribution in [3.05, 3.63) is 68.9 Å². The maximum Gasteiger partial charge on any atom is 0.259 e. The molecule has 0 saturated heterocycles. The van der Waals surface area contributed by atoms with Crippen LogP contribution in [0.5, 0.6) is 0 Å². The topological polar surface area (TPSA) is 72.7 Å². The van der Waals surface area contributed by atoms with Crippen LogP contribution in [0.3, 0.4) is 0 Å². The molecule has 3 aromatic heterocycles. The van der Waals surface area contributed by atoms with Crippen LogP contribution in [0.2, 0.25) is 5.02 Å². The number of nitrogens with zero attached hydrogens (tertiary/aromatic N) is 4. The maximum absolute atomic E-state index is 12.6. The normalized spacial score (nSPS) is 11.1. The molecule has 4 aromatic rings. The van der Waals surface area contributed by atoms with Crippen LogP contribution in [-0.2, 0) is 13.5 Å². The van der Waals surface area contributed by atoms with Crippen LogP contribution in [0.1, 0.15) is 32.1 Å². The minimum atomic E-state index is -0.243. The fourth-order valence-corrected chi connectivity index (χ4v) is 4.10. The highest BCUT2D eigenvalue weighted by Crippen LogP contribution is 2.27. The minimum absolute atomic E-state index is 0.243. The number of pyridine rings is 1. The molecule has 0 unspecified atom stereocenters. The molecule has 0 aliphatic carbocycles. The van der Waals surface area contributed by atoms with Gasteiger partial charge in [0.2, 0.25) is 0 Å². The van der Waals surface area contributed by atoms with E-state index < -0.39 is 0 Å². The number of nitrogens with one attached hydrogen (secondary N) is 1. The lowest BCUT2D eigenvalue weighted by Gasteiger charge is -2.04. The summed E-state index contributed by atoms with van der Waals surface area (Å²) in [6.07, 6.45) is 4.00. The monoisotopic (exact) mass is 411 g/mol. The molecule has 3 heterocycles. The summed E-state index contributed by atoms with van der Waals surface area (Å²) in [6, 6.07) is 7.79. The molecule has 4 rings (SSSR count). The van der Waals surface area contributed by atoms with Gasteiger partial charge in [-0.1, -0.05) is 29.8 Å². The van der Waals surface area contributed by atoms with Crippen LogP contribution in [-0.4, -0.2) is 25.7 Å². The van der Waals surface area contributed by atoms with E-state index in [0.29, 0.717) is 17.1 Å². The number of benzene rings is 1. The highest BCUT2D eigenvalue weighted by Gasteiger charge is 2.14. The maximum atomic E-state index is 12.6. The van der Waals surface area contributed by atoms with E-state index in [0.717, 1.165) is 37.8 Å². The molecule has 8 heteroatoms. The lowest BCUT2D eigenvalue weighted by Crippen LogP contribution is -2.12. The Balaban J connectivity index is 1.51. The SMILES string of the molecule is Cc1cccc(Cc2cnc(NC(=O)c3cnc4c(c3)c(C)nn4C)s2)c1Cl. The molecule has 0 radical (unpaired) electrons. The standard InChI is InChI=1S/C20H18ClN5OS/c1-11-5-4-6-13(17(11)21)7-15-10-23-20(28-15)24-19(27)14-8-16-12(2)25-26(3)18(16)22-9-14/h4-6,8-10H,7H2,1-3H3,(H,23,24,27). The molecule has 28 heavy (non-hydrogen) atoms. The number of amides is 1. The number of carbonyl (C=O) groups is 1. The Morgan fingerprint density at radius 2 is 2.07 bits per heavy atom. The van der Waals surface area contributed by atoms with Gasteiger partial charge in [-0.25, -0.2) is 9.97 Å². The lowest BCUT2D eigenvalue weighted by molar-refractivity contribution is 0.102. The summed E-state index contributed by atoms with van der Waals surface area (Å²) in [7, 11) is 1.83. The zero-order valence-corrected chi connectivity index (χ0v) is 17.2. The Hall–Kier alpha value is -2.77. The Kier molecular flexibility index (Phi) is 4.87. The van der Waals surface area contributed by atoms with Crippen molar-refractivity contribution in [1.29, 1.82) is 0 Å². The summed E-state index contributed by atoms with van der Waals surface area (Å²) in [5.74, 6) is -0.243. The first-order valence-electron chi connectivity index (χ1n) is 8.72. The van der Waals surface area contributed by atoms with Gasteiger partial charge in [0.1, 0.15) is 0 Å². The number of hydrogen-bond donors (Lipinski definition) is 1. The molecular weight excluding hydrogens is 394 g/mol. The second kappa shape index (κ2) is 7.33. The van der Waals surface area contributed by atoms with Crippen LogP contribution in [0.25, 0.3) is 11.0 Å². The van der Waals surface area contributed by atoms with E-state index in [2.05, 4.69) is 20.4 Å². The van der Waals surface area contributed by atoms with Crippen molar-refractivity contribution >= 4 is 45.0 Å². The van der Waals surface area contributed by atoms with Gasteiger partial charge in [0.05, 0.1) is 11.3 Å². The molecule has 0 spiro atoms. The molecule has 1 aromatic carbocycles. The molecule has 0 bridgehead atoms. The van der Waals surface area contributed by atoms with Crippen LogP contribution in [0.15, 0.2) is 36.7 Å². The largest absolute Gasteiger partial charge is 0.298 e. The third-order valence-corrected chi connectivity index (χ3v) is 5.99. The Labute approximate surface area is 171 Å². The van der Waals surface area contributed by atoms with Crippen LogP contribution < -0.4 is 5.32 Å². The highest BCUT2D eigenvalue weighted by molar-refractivity contribution is 7.15. The summed E-state index contributed by atoms with van der Waals surface area (Å²) >= 11 is 7.81. The third kappa shape index (κ3) is 3.50. The van der Waals surface area contributed by atoms with Crippen molar-refractivity contribution in [2.45, 2.75) is 20.3 Å². The average Bonchev–Trinajstić information content (AvgIpc) is 3.22. The molecule has 0 aliphatic rings. The fraction of sp³-hybridized carbons (Fsp3) is 0.200. The van der Waals surface area contributed by atoms with Gasteiger partial charge < -0.3 is 0 Å². The first kappa shape index (κ1) is 18.6. The quantitative estimate of drug-likeness (QED) is 0.535. The Morgan fingerprint density at radius 3 is 2.89 bits per heavy atom. The summed E-state index contributed by atoms with van der Waals surface area (Å²) in [6.45, 7) is 3.88. The molecule has 0 atom stereocenters. The summed E-state index contributed by atoms with van der Waals surface area (Å²) in [5, 5.41) is 9.37.